The fourth-order valence-electron chi connectivity index (χ4n) is 3.65. The van der Waals surface area contributed by atoms with Gasteiger partial charge in [0.15, 0.2) is 0 Å². The molecule has 6 nitrogen and oxygen atoms in total. The first-order chi connectivity index (χ1) is 15.5. The summed E-state index contributed by atoms with van der Waals surface area (Å²) in [4.78, 5) is 26.3. The van der Waals surface area contributed by atoms with Gasteiger partial charge in [0.1, 0.15) is 0 Å². The second-order valence-electron chi connectivity index (χ2n) is 7.49. The minimum atomic E-state index is -0.183. The van der Waals surface area contributed by atoms with Gasteiger partial charge in [-0.3, -0.25) is 4.79 Å². The van der Waals surface area contributed by atoms with Crippen molar-refractivity contribution < 1.29 is 9.59 Å². The number of rotatable bonds is 5. The minimum Gasteiger partial charge on any atom is -0.354 e. The summed E-state index contributed by atoms with van der Waals surface area (Å²) in [5.74, 6) is -0.183. The molecule has 0 radical (unpaired) electrons. The van der Waals surface area contributed by atoms with E-state index in [4.69, 9.17) is 11.6 Å². The Morgan fingerprint density at radius 1 is 1.03 bits per heavy atom. The van der Waals surface area contributed by atoms with Crippen molar-refractivity contribution in [3.63, 3.8) is 0 Å². The van der Waals surface area contributed by atoms with Gasteiger partial charge in [-0.1, -0.05) is 60.1 Å². The molecule has 0 fully saturated rings. The molecule has 0 spiro atoms. The standard InChI is InChI=1S/C25H23ClN4O2/c1-27-25(32)30(2)15-16-8-11-19(12-9-16)28-23(17-6-4-3-5-7-17)22-20-13-10-18(26)14-21(20)29-24(22)31/h3-14,28H,15H2,1-2H3,(H,27,32)(H,29,31)/b23-22-. The van der Waals surface area contributed by atoms with Gasteiger partial charge in [-0.25, -0.2) is 4.79 Å². The molecule has 3 aromatic rings. The molecule has 0 atom stereocenters. The second kappa shape index (κ2) is 9.16. The van der Waals surface area contributed by atoms with Gasteiger partial charge in [-0.05, 0) is 35.4 Å². The highest BCUT2D eigenvalue weighted by atomic mass is 35.5. The molecule has 4 rings (SSSR count). The van der Waals surface area contributed by atoms with Crippen LogP contribution in [0, 0.1) is 0 Å². The van der Waals surface area contributed by atoms with Crippen molar-refractivity contribution in [3.8, 4) is 0 Å². The van der Waals surface area contributed by atoms with E-state index < -0.39 is 0 Å². The first-order valence-electron chi connectivity index (χ1n) is 10.2. The summed E-state index contributed by atoms with van der Waals surface area (Å²) in [6, 6.07) is 22.8. The van der Waals surface area contributed by atoms with E-state index >= 15 is 0 Å². The Kier molecular flexibility index (Phi) is 6.14. The van der Waals surface area contributed by atoms with E-state index in [1.807, 2.05) is 60.7 Å². The zero-order valence-corrected chi connectivity index (χ0v) is 18.5. The molecule has 1 aliphatic rings. The van der Waals surface area contributed by atoms with E-state index in [2.05, 4.69) is 16.0 Å². The number of nitrogens with zero attached hydrogens (tertiary/aromatic N) is 1. The molecule has 3 N–H and O–H groups in total. The first-order valence-corrected chi connectivity index (χ1v) is 10.5. The van der Waals surface area contributed by atoms with Crippen molar-refractivity contribution >= 4 is 46.2 Å². The quantitative estimate of drug-likeness (QED) is 0.480. The SMILES string of the molecule is CNC(=O)N(C)Cc1ccc(N/C(=C2\C(=O)Nc3cc(Cl)ccc32)c2ccccc2)cc1. The van der Waals surface area contributed by atoms with E-state index in [1.54, 1.807) is 31.1 Å². The number of halogens is 1. The average molecular weight is 447 g/mol. The third kappa shape index (κ3) is 4.45. The number of nitrogens with one attached hydrogen (secondary N) is 3. The van der Waals surface area contributed by atoms with E-state index in [9.17, 15) is 9.59 Å². The summed E-state index contributed by atoms with van der Waals surface area (Å²) in [5, 5.41) is 9.51. The van der Waals surface area contributed by atoms with Crippen molar-refractivity contribution in [1.29, 1.82) is 0 Å². The predicted molar refractivity (Wildman–Crippen MR) is 129 cm³/mol. The molecule has 0 aromatic heterocycles. The molecule has 3 aromatic carbocycles. The van der Waals surface area contributed by atoms with Crippen LogP contribution in [0.5, 0.6) is 0 Å². The van der Waals surface area contributed by atoms with E-state index in [0.29, 0.717) is 28.5 Å². The van der Waals surface area contributed by atoms with Crippen molar-refractivity contribution in [2.45, 2.75) is 6.54 Å². The van der Waals surface area contributed by atoms with Crippen LogP contribution in [0.25, 0.3) is 11.3 Å². The maximum atomic E-state index is 12.9. The summed E-state index contributed by atoms with van der Waals surface area (Å²) >= 11 is 6.11. The van der Waals surface area contributed by atoms with Crippen LogP contribution in [0.4, 0.5) is 16.2 Å². The highest BCUT2D eigenvalue weighted by Crippen LogP contribution is 2.38. The van der Waals surface area contributed by atoms with Crippen LogP contribution in [-0.4, -0.2) is 30.9 Å². The summed E-state index contributed by atoms with van der Waals surface area (Å²) < 4.78 is 0. The average Bonchev–Trinajstić information content (AvgIpc) is 3.13. The number of carbonyl (C=O) groups excluding carboxylic acids is 2. The largest absolute Gasteiger partial charge is 0.354 e. The van der Waals surface area contributed by atoms with Crippen LogP contribution >= 0.6 is 11.6 Å². The molecule has 0 saturated heterocycles. The van der Waals surface area contributed by atoms with Gasteiger partial charge in [0.2, 0.25) is 0 Å². The molecule has 0 aliphatic carbocycles. The molecule has 7 heteroatoms. The summed E-state index contributed by atoms with van der Waals surface area (Å²) in [5.41, 5.74) is 5.48. The predicted octanol–water partition coefficient (Wildman–Crippen LogP) is 5.04. The third-order valence-electron chi connectivity index (χ3n) is 5.24. The molecule has 1 aliphatic heterocycles. The van der Waals surface area contributed by atoms with Gasteiger partial charge in [0, 0.05) is 36.9 Å². The van der Waals surface area contributed by atoms with Crippen molar-refractivity contribution in [3.05, 3.63) is 94.5 Å². The Balaban J connectivity index is 1.69. The van der Waals surface area contributed by atoms with Crippen molar-refractivity contribution in [1.82, 2.24) is 10.2 Å². The molecule has 0 bridgehead atoms. The lowest BCUT2D eigenvalue weighted by Crippen LogP contribution is -2.34. The normalized spacial score (nSPS) is 13.8. The lowest BCUT2D eigenvalue weighted by atomic mass is 10.00. The monoisotopic (exact) mass is 446 g/mol. The lowest BCUT2D eigenvalue weighted by molar-refractivity contribution is -0.110. The molecule has 32 heavy (non-hydrogen) atoms. The van der Waals surface area contributed by atoms with Gasteiger partial charge in [-0.2, -0.15) is 0 Å². The third-order valence-corrected chi connectivity index (χ3v) is 5.48. The maximum Gasteiger partial charge on any atom is 0.317 e. The number of carbonyl (C=O) groups is 2. The minimum absolute atomic E-state index is 0.144. The highest BCUT2D eigenvalue weighted by Gasteiger charge is 2.28. The fourth-order valence-corrected chi connectivity index (χ4v) is 3.82. The summed E-state index contributed by atoms with van der Waals surface area (Å²) in [7, 11) is 3.35. The Bertz CT molecular complexity index is 1190. The molecule has 1 heterocycles. The topological polar surface area (TPSA) is 73.5 Å². The zero-order valence-electron chi connectivity index (χ0n) is 17.8. The van der Waals surface area contributed by atoms with Gasteiger partial charge < -0.3 is 20.9 Å². The zero-order chi connectivity index (χ0) is 22.7. The fraction of sp³-hybridized carbons (Fsp3) is 0.120. The van der Waals surface area contributed by atoms with Crippen LogP contribution in [-0.2, 0) is 11.3 Å². The second-order valence-corrected chi connectivity index (χ2v) is 7.93. The van der Waals surface area contributed by atoms with Gasteiger partial charge in [-0.15, -0.1) is 0 Å². The van der Waals surface area contributed by atoms with Gasteiger partial charge >= 0.3 is 6.03 Å². The highest BCUT2D eigenvalue weighted by molar-refractivity contribution is 6.38. The first kappa shape index (κ1) is 21.5. The molecular formula is C25H23ClN4O2. The number of benzene rings is 3. The summed E-state index contributed by atoms with van der Waals surface area (Å²) in [6.45, 7) is 0.489. The molecule has 162 valence electrons. The number of urea groups is 1. The smallest absolute Gasteiger partial charge is 0.317 e. The van der Waals surface area contributed by atoms with Crippen molar-refractivity contribution in [2.75, 3.05) is 24.7 Å². The molecule has 0 unspecified atom stereocenters. The summed E-state index contributed by atoms with van der Waals surface area (Å²) in [6.07, 6.45) is 0. The molecule has 3 amide bonds. The van der Waals surface area contributed by atoms with Crippen LogP contribution in [0.15, 0.2) is 72.8 Å². The number of anilines is 2. The molecule has 0 saturated carbocycles. The van der Waals surface area contributed by atoms with Gasteiger partial charge in [0.05, 0.1) is 17.0 Å². The van der Waals surface area contributed by atoms with E-state index in [-0.39, 0.29) is 11.9 Å². The number of fused-ring (bicyclic) bond motifs is 1. The van der Waals surface area contributed by atoms with Crippen molar-refractivity contribution in [2.24, 2.45) is 0 Å². The van der Waals surface area contributed by atoms with E-state index in [0.717, 1.165) is 22.4 Å². The van der Waals surface area contributed by atoms with Crippen LogP contribution in [0.1, 0.15) is 16.7 Å². The maximum absolute atomic E-state index is 12.9. The van der Waals surface area contributed by atoms with Gasteiger partial charge in [0.25, 0.3) is 5.91 Å². The Morgan fingerprint density at radius 3 is 2.44 bits per heavy atom. The number of hydrogen-bond donors (Lipinski definition) is 3. The van der Waals surface area contributed by atoms with Crippen LogP contribution < -0.4 is 16.0 Å². The van der Waals surface area contributed by atoms with E-state index in [1.165, 1.54) is 0 Å². The van der Waals surface area contributed by atoms with Crippen LogP contribution in [0.3, 0.4) is 0 Å². The lowest BCUT2D eigenvalue weighted by Gasteiger charge is -2.18. The number of hydrogen-bond acceptors (Lipinski definition) is 3. The molecular weight excluding hydrogens is 424 g/mol. The Morgan fingerprint density at radius 2 is 1.75 bits per heavy atom. The Labute approximate surface area is 191 Å². The number of amides is 3. The Hall–Kier alpha value is -3.77. The van der Waals surface area contributed by atoms with Crippen LogP contribution in [0.2, 0.25) is 5.02 Å².